The molecule has 4 nitrogen and oxygen atoms in total. The highest BCUT2D eigenvalue weighted by Crippen LogP contribution is 2.16. The highest BCUT2D eigenvalue weighted by Gasteiger charge is 2.10. The molecule has 0 aliphatic carbocycles. The summed E-state index contributed by atoms with van der Waals surface area (Å²) in [5.41, 5.74) is 2.51. The van der Waals surface area contributed by atoms with E-state index in [0.717, 1.165) is 32.7 Å². The molecule has 1 N–H and O–H groups in total. The van der Waals surface area contributed by atoms with Crippen LogP contribution in [0, 0.1) is 0 Å². The first-order valence-electron chi connectivity index (χ1n) is 7.46. The number of aromatic nitrogens is 2. The molecule has 0 unspecified atom stereocenters. The third kappa shape index (κ3) is 6.21. The number of hydrogen-bond acceptors (Lipinski definition) is 3. The monoisotopic (exact) mass is 267 g/mol. The third-order valence-electron chi connectivity index (χ3n) is 3.08. The van der Waals surface area contributed by atoms with Gasteiger partial charge in [0.05, 0.1) is 5.69 Å². The number of rotatable bonds is 10. The molecule has 0 radical (unpaired) electrons. The van der Waals surface area contributed by atoms with E-state index in [2.05, 4.69) is 37.4 Å². The Morgan fingerprint density at radius 2 is 2.05 bits per heavy atom. The minimum atomic E-state index is 0.482. The van der Waals surface area contributed by atoms with Crippen LogP contribution in [-0.4, -0.2) is 29.5 Å². The van der Waals surface area contributed by atoms with Gasteiger partial charge in [-0.25, -0.2) is 0 Å². The number of nitrogens with one attached hydrogen (secondary N) is 1. The second-order valence-corrected chi connectivity index (χ2v) is 5.36. The fourth-order valence-electron chi connectivity index (χ4n) is 2.05. The van der Waals surface area contributed by atoms with Gasteiger partial charge in [0.1, 0.15) is 0 Å². The average molecular weight is 267 g/mol. The fraction of sp³-hybridized carbons (Fsp3) is 0.800. The van der Waals surface area contributed by atoms with Gasteiger partial charge >= 0.3 is 0 Å². The number of aryl methyl sites for hydroxylation is 1. The van der Waals surface area contributed by atoms with Crippen molar-refractivity contribution in [1.29, 1.82) is 0 Å². The zero-order chi connectivity index (χ0) is 14.1. The van der Waals surface area contributed by atoms with Crippen molar-refractivity contribution in [3.63, 3.8) is 0 Å². The van der Waals surface area contributed by atoms with E-state index < -0.39 is 0 Å². The Morgan fingerprint density at radius 3 is 2.74 bits per heavy atom. The highest BCUT2D eigenvalue weighted by atomic mass is 16.5. The summed E-state index contributed by atoms with van der Waals surface area (Å²) >= 11 is 0. The van der Waals surface area contributed by atoms with Gasteiger partial charge in [-0.2, -0.15) is 5.10 Å². The normalized spacial score (nSPS) is 11.4. The summed E-state index contributed by atoms with van der Waals surface area (Å²) in [4.78, 5) is 0. The number of nitrogens with zero attached hydrogens (tertiary/aromatic N) is 2. The molecular weight excluding hydrogens is 238 g/mol. The van der Waals surface area contributed by atoms with E-state index >= 15 is 0 Å². The minimum Gasteiger partial charge on any atom is -0.381 e. The summed E-state index contributed by atoms with van der Waals surface area (Å²) in [6, 6.07) is 0. The molecule has 0 aromatic carbocycles. The van der Waals surface area contributed by atoms with Crippen LogP contribution < -0.4 is 5.32 Å². The van der Waals surface area contributed by atoms with Crippen molar-refractivity contribution in [2.45, 2.75) is 52.5 Å². The van der Waals surface area contributed by atoms with Crippen molar-refractivity contribution < 1.29 is 4.74 Å². The maximum Gasteiger partial charge on any atom is 0.0694 e. The lowest BCUT2D eigenvalue weighted by molar-refractivity contribution is 0.128. The van der Waals surface area contributed by atoms with Crippen LogP contribution >= 0.6 is 0 Å². The van der Waals surface area contributed by atoms with Crippen LogP contribution in [0.1, 0.15) is 57.2 Å². The summed E-state index contributed by atoms with van der Waals surface area (Å²) in [6.07, 6.45) is 5.55. The molecule has 0 spiro atoms. The molecule has 19 heavy (non-hydrogen) atoms. The van der Waals surface area contributed by atoms with Gasteiger partial charge < -0.3 is 10.1 Å². The van der Waals surface area contributed by atoms with Crippen LogP contribution in [0.4, 0.5) is 0 Å². The van der Waals surface area contributed by atoms with Crippen LogP contribution in [0.25, 0.3) is 0 Å². The summed E-state index contributed by atoms with van der Waals surface area (Å²) < 4.78 is 7.44. The SMILES string of the molecule is CCCCOCCCNCc1cn(C)nc1C(C)C. The molecule has 0 aliphatic heterocycles. The topological polar surface area (TPSA) is 39.1 Å². The maximum absolute atomic E-state index is 5.54. The van der Waals surface area contributed by atoms with E-state index in [0.29, 0.717) is 5.92 Å². The van der Waals surface area contributed by atoms with Crippen molar-refractivity contribution in [3.05, 3.63) is 17.5 Å². The molecule has 0 saturated carbocycles. The van der Waals surface area contributed by atoms with Gasteiger partial charge in [-0.3, -0.25) is 4.68 Å². The molecule has 1 rings (SSSR count). The van der Waals surface area contributed by atoms with Gasteiger partial charge in [0, 0.05) is 38.6 Å². The number of ether oxygens (including phenoxy) is 1. The molecule has 0 aliphatic rings. The van der Waals surface area contributed by atoms with Gasteiger partial charge in [-0.05, 0) is 25.3 Å². The van der Waals surface area contributed by atoms with Crippen molar-refractivity contribution in [1.82, 2.24) is 15.1 Å². The molecular formula is C15H29N3O. The summed E-state index contributed by atoms with van der Waals surface area (Å²) in [6.45, 7) is 10.2. The van der Waals surface area contributed by atoms with Gasteiger partial charge in [-0.15, -0.1) is 0 Å². The van der Waals surface area contributed by atoms with E-state index in [1.807, 2.05) is 11.7 Å². The van der Waals surface area contributed by atoms with E-state index in [4.69, 9.17) is 4.74 Å². The molecule has 0 fully saturated rings. The first kappa shape index (κ1) is 16.2. The largest absolute Gasteiger partial charge is 0.381 e. The van der Waals surface area contributed by atoms with Crippen molar-refractivity contribution >= 4 is 0 Å². The highest BCUT2D eigenvalue weighted by molar-refractivity contribution is 5.19. The molecule has 1 heterocycles. The van der Waals surface area contributed by atoms with Crippen LogP contribution in [0.5, 0.6) is 0 Å². The lowest BCUT2D eigenvalue weighted by Crippen LogP contribution is -2.17. The smallest absolute Gasteiger partial charge is 0.0694 e. The van der Waals surface area contributed by atoms with Gasteiger partial charge in [-0.1, -0.05) is 27.2 Å². The van der Waals surface area contributed by atoms with Gasteiger partial charge in [0.2, 0.25) is 0 Å². The van der Waals surface area contributed by atoms with Crippen LogP contribution in [-0.2, 0) is 18.3 Å². The van der Waals surface area contributed by atoms with Gasteiger partial charge in [0.25, 0.3) is 0 Å². The van der Waals surface area contributed by atoms with E-state index in [1.165, 1.54) is 24.1 Å². The van der Waals surface area contributed by atoms with Crippen LogP contribution in [0.15, 0.2) is 6.20 Å². The minimum absolute atomic E-state index is 0.482. The Balaban J connectivity index is 2.15. The van der Waals surface area contributed by atoms with Crippen molar-refractivity contribution in [2.75, 3.05) is 19.8 Å². The average Bonchev–Trinajstić information content (AvgIpc) is 2.74. The summed E-state index contributed by atoms with van der Waals surface area (Å²) in [5.74, 6) is 0.482. The first-order chi connectivity index (χ1) is 9.15. The fourth-order valence-corrected chi connectivity index (χ4v) is 2.05. The molecule has 4 heteroatoms. The van der Waals surface area contributed by atoms with Crippen molar-refractivity contribution in [2.24, 2.45) is 7.05 Å². The predicted octanol–water partition coefficient (Wildman–Crippen LogP) is 2.84. The molecule has 0 atom stereocenters. The Labute approximate surface area is 117 Å². The third-order valence-corrected chi connectivity index (χ3v) is 3.08. The Morgan fingerprint density at radius 1 is 1.32 bits per heavy atom. The maximum atomic E-state index is 5.54. The Bertz CT molecular complexity index is 347. The Kier molecular flexibility index (Phi) is 7.75. The zero-order valence-corrected chi connectivity index (χ0v) is 12.9. The standard InChI is InChI=1S/C15H29N3O/c1-5-6-9-19-10-7-8-16-11-14-12-18(4)17-15(14)13(2)3/h12-13,16H,5-11H2,1-4H3. The first-order valence-corrected chi connectivity index (χ1v) is 7.46. The molecule has 1 aromatic rings. The second kappa shape index (κ2) is 9.10. The molecule has 0 bridgehead atoms. The lowest BCUT2D eigenvalue weighted by atomic mass is 10.1. The lowest BCUT2D eigenvalue weighted by Gasteiger charge is -2.07. The number of hydrogen-bond donors (Lipinski definition) is 1. The van der Waals surface area contributed by atoms with Crippen LogP contribution in [0.3, 0.4) is 0 Å². The molecule has 0 amide bonds. The number of unbranched alkanes of at least 4 members (excludes halogenated alkanes) is 1. The van der Waals surface area contributed by atoms with Crippen LogP contribution in [0.2, 0.25) is 0 Å². The molecule has 110 valence electrons. The van der Waals surface area contributed by atoms with E-state index in [9.17, 15) is 0 Å². The van der Waals surface area contributed by atoms with Crippen molar-refractivity contribution in [3.8, 4) is 0 Å². The Hall–Kier alpha value is -0.870. The molecule has 0 saturated heterocycles. The molecule has 1 aromatic heterocycles. The summed E-state index contributed by atoms with van der Waals surface area (Å²) in [7, 11) is 1.98. The van der Waals surface area contributed by atoms with Gasteiger partial charge in [0.15, 0.2) is 0 Å². The predicted molar refractivity (Wildman–Crippen MR) is 79.3 cm³/mol. The summed E-state index contributed by atoms with van der Waals surface area (Å²) in [5, 5.41) is 7.98. The second-order valence-electron chi connectivity index (χ2n) is 5.36. The quantitative estimate of drug-likeness (QED) is 0.663. The zero-order valence-electron chi connectivity index (χ0n) is 12.9. The van der Waals surface area contributed by atoms with E-state index in [-0.39, 0.29) is 0 Å². The van der Waals surface area contributed by atoms with E-state index in [1.54, 1.807) is 0 Å².